The first kappa shape index (κ1) is 11.8. The van der Waals surface area contributed by atoms with Crippen molar-refractivity contribution in [1.29, 1.82) is 0 Å². The lowest BCUT2D eigenvalue weighted by molar-refractivity contribution is 0.183. The molecule has 84 valence electrons. The minimum absolute atomic E-state index is 0.295. The van der Waals surface area contributed by atoms with Crippen molar-refractivity contribution in [3.63, 3.8) is 0 Å². The number of nitrogens with two attached hydrogens (primary N) is 1. The quantitative estimate of drug-likeness (QED) is 0.516. The van der Waals surface area contributed by atoms with Crippen LogP contribution in [0.2, 0.25) is 0 Å². The molecule has 3 nitrogen and oxygen atoms in total. The van der Waals surface area contributed by atoms with Gasteiger partial charge in [0.15, 0.2) is 0 Å². The molecule has 1 unspecified atom stereocenters. The lowest BCUT2D eigenvalue weighted by Gasteiger charge is -2.09. The van der Waals surface area contributed by atoms with Crippen molar-refractivity contribution in [2.75, 3.05) is 17.6 Å². The summed E-state index contributed by atoms with van der Waals surface area (Å²) in [5.74, 6) is -0.303. The number of halogens is 1. The van der Waals surface area contributed by atoms with Crippen molar-refractivity contribution in [1.82, 2.24) is 0 Å². The Balaban J connectivity index is 2.40. The molecule has 1 atom stereocenters. The zero-order chi connectivity index (χ0) is 11.3. The highest BCUT2D eigenvalue weighted by Gasteiger charge is 2.00. The van der Waals surface area contributed by atoms with Crippen molar-refractivity contribution >= 4 is 11.4 Å². The highest BCUT2D eigenvalue weighted by molar-refractivity contribution is 5.65. The summed E-state index contributed by atoms with van der Waals surface area (Å²) in [5, 5.41) is 12.1. The van der Waals surface area contributed by atoms with E-state index >= 15 is 0 Å². The number of benzene rings is 1. The zero-order valence-electron chi connectivity index (χ0n) is 8.83. The first-order valence-corrected chi connectivity index (χ1v) is 5.06. The van der Waals surface area contributed by atoms with Gasteiger partial charge in [0.1, 0.15) is 5.82 Å². The Kier molecular flexibility index (Phi) is 4.37. The van der Waals surface area contributed by atoms with Gasteiger partial charge in [-0.1, -0.05) is 0 Å². The largest absolute Gasteiger partial charge is 0.397 e. The van der Waals surface area contributed by atoms with Crippen LogP contribution >= 0.6 is 0 Å². The molecule has 15 heavy (non-hydrogen) atoms. The summed E-state index contributed by atoms with van der Waals surface area (Å²) in [7, 11) is 0. The van der Waals surface area contributed by atoms with Crippen LogP contribution in [0.25, 0.3) is 0 Å². The first-order valence-electron chi connectivity index (χ1n) is 5.06. The van der Waals surface area contributed by atoms with Crippen molar-refractivity contribution in [2.45, 2.75) is 25.9 Å². The van der Waals surface area contributed by atoms with E-state index in [1.54, 1.807) is 6.92 Å². The minimum atomic E-state index is -0.303. The third kappa shape index (κ3) is 4.16. The third-order valence-electron chi connectivity index (χ3n) is 2.13. The van der Waals surface area contributed by atoms with Crippen molar-refractivity contribution in [2.24, 2.45) is 0 Å². The second-order valence-corrected chi connectivity index (χ2v) is 3.65. The fourth-order valence-corrected chi connectivity index (χ4v) is 1.30. The molecule has 0 amide bonds. The van der Waals surface area contributed by atoms with Gasteiger partial charge >= 0.3 is 0 Å². The van der Waals surface area contributed by atoms with Gasteiger partial charge in [-0.2, -0.15) is 0 Å². The standard InChI is InChI=1S/C11H17FN2O/c1-8(15)3-2-6-14-11-7-9(12)4-5-10(11)13/h4-5,7-8,14-15H,2-3,6,13H2,1H3. The van der Waals surface area contributed by atoms with E-state index in [2.05, 4.69) is 5.32 Å². The summed E-state index contributed by atoms with van der Waals surface area (Å²) < 4.78 is 12.8. The first-order chi connectivity index (χ1) is 7.09. The molecular weight excluding hydrogens is 195 g/mol. The van der Waals surface area contributed by atoms with Crippen LogP contribution in [0.3, 0.4) is 0 Å². The maximum absolute atomic E-state index is 12.8. The molecule has 0 fully saturated rings. The Morgan fingerprint density at radius 3 is 2.93 bits per heavy atom. The second kappa shape index (κ2) is 5.56. The topological polar surface area (TPSA) is 58.3 Å². The highest BCUT2D eigenvalue weighted by Crippen LogP contribution is 2.19. The fraction of sp³-hybridized carbons (Fsp3) is 0.455. The number of anilines is 2. The molecule has 0 aliphatic carbocycles. The molecule has 4 N–H and O–H groups in total. The van der Waals surface area contributed by atoms with Crippen LogP contribution in [0.5, 0.6) is 0 Å². The summed E-state index contributed by atoms with van der Waals surface area (Å²) in [5.41, 5.74) is 6.80. The number of nitrogen functional groups attached to an aromatic ring is 1. The van der Waals surface area contributed by atoms with E-state index in [1.807, 2.05) is 0 Å². The van der Waals surface area contributed by atoms with Crippen LogP contribution in [0.1, 0.15) is 19.8 Å². The van der Waals surface area contributed by atoms with Gasteiger partial charge in [-0.3, -0.25) is 0 Å². The molecule has 0 aromatic heterocycles. The van der Waals surface area contributed by atoms with E-state index in [0.717, 1.165) is 12.8 Å². The highest BCUT2D eigenvalue weighted by atomic mass is 19.1. The smallest absolute Gasteiger partial charge is 0.125 e. The lowest BCUT2D eigenvalue weighted by Crippen LogP contribution is -2.08. The number of rotatable bonds is 5. The maximum Gasteiger partial charge on any atom is 0.125 e. The van der Waals surface area contributed by atoms with Crippen molar-refractivity contribution < 1.29 is 9.50 Å². The van der Waals surface area contributed by atoms with Gasteiger partial charge in [0, 0.05) is 6.54 Å². The van der Waals surface area contributed by atoms with E-state index in [0.29, 0.717) is 17.9 Å². The van der Waals surface area contributed by atoms with Gasteiger partial charge in [0.05, 0.1) is 17.5 Å². The fourth-order valence-electron chi connectivity index (χ4n) is 1.30. The maximum atomic E-state index is 12.8. The molecule has 0 aliphatic rings. The molecule has 0 saturated carbocycles. The van der Waals surface area contributed by atoms with Gasteiger partial charge in [-0.15, -0.1) is 0 Å². The molecule has 0 spiro atoms. The van der Waals surface area contributed by atoms with E-state index in [1.165, 1.54) is 18.2 Å². The molecule has 4 heteroatoms. The lowest BCUT2D eigenvalue weighted by atomic mass is 10.2. The second-order valence-electron chi connectivity index (χ2n) is 3.65. The summed E-state index contributed by atoms with van der Waals surface area (Å²) in [6.45, 7) is 2.43. The van der Waals surface area contributed by atoms with Gasteiger partial charge in [0.2, 0.25) is 0 Å². The average Bonchev–Trinajstić information content (AvgIpc) is 2.17. The van der Waals surface area contributed by atoms with Crippen LogP contribution in [0.4, 0.5) is 15.8 Å². The van der Waals surface area contributed by atoms with E-state index in [9.17, 15) is 4.39 Å². The summed E-state index contributed by atoms with van der Waals surface area (Å²) in [6.07, 6.45) is 1.26. The van der Waals surface area contributed by atoms with Gasteiger partial charge < -0.3 is 16.2 Å². The average molecular weight is 212 g/mol. The van der Waals surface area contributed by atoms with Gasteiger partial charge in [0.25, 0.3) is 0 Å². The van der Waals surface area contributed by atoms with Crippen LogP contribution in [-0.4, -0.2) is 17.8 Å². The van der Waals surface area contributed by atoms with Crippen LogP contribution in [0.15, 0.2) is 18.2 Å². The molecule has 1 aromatic rings. The van der Waals surface area contributed by atoms with E-state index < -0.39 is 0 Å². The predicted octanol–water partition coefficient (Wildman–Crippen LogP) is 1.98. The predicted molar refractivity (Wildman–Crippen MR) is 60.2 cm³/mol. The monoisotopic (exact) mass is 212 g/mol. The Morgan fingerprint density at radius 2 is 2.27 bits per heavy atom. The SMILES string of the molecule is CC(O)CCCNc1cc(F)ccc1N. The number of hydrogen-bond donors (Lipinski definition) is 3. The van der Waals surface area contributed by atoms with Gasteiger partial charge in [-0.25, -0.2) is 4.39 Å². The molecule has 0 radical (unpaired) electrons. The van der Waals surface area contributed by atoms with E-state index in [-0.39, 0.29) is 11.9 Å². The number of nitrogens with one attached hydrogen (secondary N) is 1. The van der Waals surface area contributed by atoms with Gasteiger partial charge in [-0.05, 0) is 38.0 Å². The zero-order valence-corrected chi connectivity index (χ0v) is 8.83. The number of hydrogen-bond acceptors (Lipinski definition) is 3. The molecule has 0 aliphatic heterocycles. The third-order valence-corrected chi connectivity index (χ3v) is 2.13. The Hall–Kier alpha value is -1.29. The molecule has 1 rings (SSSR count). The number of aliphatic hydroxyl groups is 1. The Morgan fingerprint density at radius 1 is 1.53 bits per heavy atom. The van der Waals surface area contributed by atoms with E-state index in [4.69, 9.17) is 10.8 Å². The Bertz CT molecular complexity index is 315. The molecular formula is C11H17FN2O. The van der Waals surface area contributed by atoms with Crippen LogP contribution in [0, 0.1) is 5.82 Å². The molecule has 0 bridgehead atoms. The van der Waals surface area contributed by atoms with Crippen LogP contribution < -0.4 is 11.1 Å². The van der Waals surface area contributed by atoms with Crippen LogP contribution in [-0.2, 0) is 0 Å². The molecule has 0 heterocycles. The van der Waals surface area contributed by atoms with Crippen molar-refractivity contribution in [3.8, 4) is 0 Å². The molecule has 0 saturated heterocycles. The number of aliphatic hydroxyl groups excluding tert-OH is 1. The molecule has 1 aromatic carbocycles. The normalized spacial score (nSPS) is 12.5. The summed E-state index contributed by atoms with van der Waals surface area (Å²) in [6, 6.07) is 4.24. The Labute approximate surface area is 89.1 Å². The minimum Gasteiger partial charge on any atom is -0.397 e. The van der Waals surface area contributed by atoms with Crippen molar-refractivity contribution in [3.05, 3.63) is 24.0 Å². The summed E-state index contributed by atoms with van der Waals surface area (Å²) in [4.78, 5) is 0. The summed E-state index contributed by atoms with van der Waals surface area (Å²) >= 11 is 0.